The Morgan fingerprint density at radius 2 is 1.61 bits per heavy atom. The molecule has 0 aliphatic carbocycles. The first-order valence-electron chi connectivity index (χ1n) is 8.08. The molecule has 0 heterocycles. The number of benzene rings is 1. The predicted molar refractivity (Wildman–Crippen MR) is 97.0 cm³/mol. The molecule has 0 unspecified atom stereocenters. The number of anilines is 2. The van der Waals surface area contributed by atoms with Crippen molar-refractivity contribution >= 4 is 17.3 Å². The standard InChI is InChI=1S/C18H31N3O2/c1-17(2,20-6)11-12-23-18(3,4)13-16(22)21-15-9-7-14(19-5)8-10-15/h7-10,19-20H,11-13H2,1-6H3,(H,21,22). The van der Waals surface area contributed by atoms with Gasteiger partial charge in [0, 0.05) is 30.6 Å². The van der Waals surface area contributed by atoms with Crippen molar-refractivity contribution in [2.24, 2.45) is 0 Å². The molecular formula is C18H31N3O2. The van der Waals surface area contributed by atoms with Gasteiger partial charge in [0.25, 0.3) is 0 Å². The van der Waals surface area contributed by atoms with Crippen molar-refractivity contribution < 1.29 is 9.53 Å². The predicted octanol–water partition coefficient (Wildman–Crippen LogP) is 3.24. The van der Waals surface area contributed by atoms with Crippen molar-refractivity contribution in [1.29, 1.82) is 0 Å². The van der Waals surface area contributed by atoms with Crippen LogP contribution in [0.15, 0.2) is 24.3 Å². The summed E-state index contributed by atoms with van der Waals surface area (Å²) in [4.78, 5) is 12.2. The number of hydrogen-bond donors (Lipinski definition) is 3. The number of amides is 1. The Morgan fingerprint density at radius 1 is 1.04 bits per heavy atom. The van der Waals surface area contributed by atoms with E-state index in [1.54, 1.807) is 0 Å². The van der Waals surface area contributed by atoms with E-state index in [1.807, 2.05) is 52.2 Å². The van der Waals surface area contributed by atoms with Crippen molar-refractivity contribution in [2.75, 3.05) is 31.3 Å². The highest BCUT2D eigenvalue weighted by atomic mass is 16.5. The number of carbonyl (C=O) groups is 1. The van der Waals surface area contributed by atoms with E-state index < -0.39 is 5.60 Å². The SMILES string of the molecule is CNc1ccc(NC(=O)CC(C)(C)OCCC(C)(C)NC)cc1. The molecule has 0 atom stereocenters. The van der Waals surface area contributed by atoms with Crippen LogP contribution in [-0.2, 0) is 9.53 Å². The Balaban J connectivity index is 2.44. The van der Waals surface area contributed by atoms with Gasteiger partial charge in [-0.05, 0) is 65.4 Å². The van der Waals surface area contributed by atoms with E-state index in [0.29, 0.717) is 13.0 Å². The Hall–Kier alpha value is -1.59. The van der Waals surface area contributed by atoms with Crippen molar-refractivity contribution in [2.45, 2.75) is 51.7 Å². The first kappa shape index (κ1) is 19.5. The first-order valence-corrected chi connectivity index (χ1v) is 8.08. The van der Waals surface area contributed by atoms with Gasteiger partial charge in [-0.3, -0.25) is 4.79 Å². The molecule has 1 rings (SSSR count). The van der Waals surface area contributed by atoms with Gasteiger partial charge < -0.3 is 20.7 Å². The average Bonchev–Trinajstić information content (AvgIpc) is 2.46. The van der Waals surface area contributed by atoms with E-state index in [-0.39, 0.29) is 11.4 Å². The second-order valence-corrected chi connectivity index (χ2v) is 7.04. The van der Waals surface area contributed by atoms with E-state index in [2.05, 4.69) is 29.8 Å². The molecule has 0 fully saturated rings. The van der Waals surface area contributed by atoms with Gasteiger partial charge in [-0.15, -0.1) is 0 Å². The zero-order valence-corrected chi connectivity index (χ0v) is 15.2. The van der Waals surface area contributed by atoms with Gasteiger partial charge in [0.15, 0.2) is 0 Å². The second kappa shape index (κ2) is 8.31. The van der Waals surface area contributed by atoms with E-state index in [1.165, 1.54) is 0 Å². The maximum Gasteiger partial charge on any atom is 0.227 e. The van der Waals surface area contributed by atoms with Crippen LogP contribution in [0.2, 0.25) is 0 Å². The largest absolute Gasteiger partial charge is 0.388 e. The van der Waals surface area contributed by atoms with Gasteiger partial charge in [0.05, 0.1) is 12.0 Å². The van der Waals surface area contributed by atoms with Crippen LogP contribution in [-0.4, -0.2) is 37.7 Å². The normalized spacial score (nSPS) is 12.1. The van der Waals surface area contributed by atoms with Crippen molar-refractivity contribution in [3.8, 4) is 0 Å². The van der Waals surface area contributed by atoms with Crippen molar-refractivity contribution in [1.82, 2.24) is 5.32 Å². The molecule has 1 aromatic carbocycles. The average molecular weight is 321 g/mol. The first-order chi connectivity index (χ1) is 10.7. The van der Waals surface area contributed by atoms with Gasteiger partial charge in [-0.2, -0.15) is 0 Å². The summed E-state index contributed by atoms with van der Waals surface area (Å²) in [6, 6.07) is 7.62. The molecule has 1 amide bonds. The lowest BCUT2D eigenvalue weighted by Crippen LogP contribution is -2.39. The third-order valence-corrected chi connectivity index (χ3v) is 3.94. The maximum atomic E-state index is 12.2. The van der Waals surface area contributed by atoms with Crippen molar-refractivity contribution in [3.63, 3.8) is 0 Å². The monoisotopic (exact) mass is 321 g/mol. The second-order valence-electron chi connectivity index (χ2n) is 7.04. The Morgan fingerprint density at radius 3 is 2.13 bits per heavy atom. The van der Waals surface area contributed by atoms with Gasteiger partial charge in [-0.25, -0.2) is 0 Å². The molecule has 0 saturated carbocycles. The Kier molecular flexibility index (Phi) is 7.03. The van der Waals surface area contributed by atoms with Crippen LogP contribution in [0.1, 0.15) is 40.5 Å². The Labute approximate surface area is 140 Å². The quantitative estimate of drug-likeness (QED) is 0.653. The highest BCUT2D eigenvalue weighted by molar-refractivity contribution is 5.91. The number of rotatable bonds is 9. The van der Waals surface area contributed by atoms with Crippen molar-refractivity contribution in [3.05, 3.63) is 24.3 Å². The molecule has 0 aliphatic heterocycles. The van der Waals surface area contributed by atoms with E-state index in [4.69, 9.17) is 4.74 Å². The number of ether oxygens (including phenoxy) is 1. The molecule has 0 radical (unpaired) electrons. The molecule has 5 nitrogen and oxygen atoms in total. The van der Waals surface area contributed by atoms with Crippen LogP contribution in [0.4, 0.5) is 11.4 Å². The lowest BCUT2D eigenvalue weighted by Gasteiger charge is -2.29. The summed E-state index contributed by atoms with van der Waals surface area (Å²) in [6.45, 7) is 8.77. The summed E-state index contributed by atoms with van der Waals surface area (Å²) in [6.07, 6.45) is 1.21. The molecule has 0 spiro atoms. The minimum absolute atomic E-state index is 0.0351. The molecule has 5 heteroatoms. The topological polar surface area (TPSA) is 62.4 Å². The summed E-state index contributed by atoms with van der Waals surface area (Å²) in [7, 11) is 3.81. The minimum Gasteiger partial charge on any atom is -0.388 e. The summed E-state index contributed by atoms with van der Waals surface area (Å²) in [5, 5.41) is 9.20. The molecule has 1 aromatic rings. The third kappa shape index (κ3) is 7.48. The van der Waals surface area contributed by atoms with Gasteiger partial charge in [0.1, 0.15) is 0 Å². The maximum absolute atomic E-state index is 12.2. The number of hydrogen-bond acceptors (Lipinski definition) is 4. The fourth-order valence-electron chi connectivity index (χ4n) is 2.07. The summed E-state index contributed by atoms with van der Waals surface area (Å²) >= 11 is 0. The molecule has 23 heavy (non-hydrogen) atoms. The summed E-state index contributed by atoms with van der Waals surface area (Å²) in [5.41, 5.74) is 1.35. The third-order valence-electron chi connectivity index (χ3n) is 3.94. The van der Waals surface area contributed by atoms with E-state index >= 15 is 0 Å². The van der Waals surface area contributed by atoms with Crippen LogP contribution in [0, 0.1) is 0 Å². The molecular weight excluding hydrogens is 290 g/mol. The Bertz CT molecular complexity index is 495. The molecule has 3 N–H and O–H groups in total. The van der Waals surface area contributed by atoms with Gasteiger partial charge in [-0.1, -0.05) is 0 Å². The molecule has 130 valence electrons. The highest BCUT2D eigenvalue weighted by Crippen LogP contribution is 2.19. The lowest BCUT2D eigenvalue weighted by molar-refractivity contribution is -0.122. The van der Waals surface area contributed by atoms with Crippen LogP contribution in [0.25, 0.3) is 0 Å². The number of carbonyl (C=O) groups excluding carboxylic acids is 1. The van der Waals surface area contributed by atoms with Gasteiger partial charge >= 0.3 is 0 Å². The van der Waals surface area contributed by atoms with Crippen LogP contribution in [0.5, 0.6) is 0 Å². The fraction of sp³-hybridized carbons (Fsp3) is 0.611. The lowest BCUT2D eigenvalue weighted by atomic mass is 10.0. The minimum atomic E-state index is -0.487. The molecule has 0 bridgehead atoms. The summed E-state index contributed by atoms with van der Waals surface area (Å²) in [5.74, 6) is -0.0416. The van der Waals surface area contributed by atoms with E-state index in [9.17, 15) is 4.79 Å². The fourth-order valence-corrected chi connectivity index (χ4v) is 2.07. The zero-order valence-electron chi connectivity index (χ0n) is 15.2. The van der Waals surface area contributed by atoms with Crippen LogP contribution < -0.4 is 16.0 Å². The van der Waals surface area contributed by atoms with E-state index in [0.717, 1.165) is 17.8 Å². The van der Waals surface area contributed by atoms with Crippen LogP contribution in [0.3, 0.4) is 0 Å². The van der Waals surface area contributed by atoms with Crippen LogP contribution >= 0.6 is 0 Å². The molecule has 0 saturated heterocycles. The zero-order chi connectivity index (χ0) is 17.5. The molecule has 0 aromatic heterocycles. The number of nitrogens with one attached hydrogen (secondary N) is 3. The highest BCUT2D eigenvalue weighted by Gasteiger charge is 2.24. The van der Waals surface area contributed by atoms with Gasteiger partial charge in [0.2, 0.25) is 5.91 Å². The molecule has 0 aliphatic rings. The summed E-state index contributed by atoms with van der Waals surface area (Å²) < 4.78 is 5.90. The smallest absolute Gasteiger partial charge is 0.227 e.